The lowest BCUT2D eigenvalue weighted by Crippen LogP contribution is -2.41. The Bertz CT molecular complexity index is 269. The summed E-state index contributed by atoms with van der Waals surface area (Å²) in [5.74, 6) is 1.06. The lowest BCUT2D eigenvalue weighted by atomic mass is 9.93. The van der Waals surface area contributed by atoms with Gasteiger partial charge in [0.1, 0.15) is 0 Å². The van der Waals surface area contributed by atoms with E-state index in [1.54, 1.807) is 7.11 Å². The predicted octanol–water partition coefficient (Wildman–Crippen LogP) is 2.73. The summed E-state index contributed by atoms with van der Waals surface area (Å²) in [6, 6.07) is 0. The highest BCUT2D eigenvalue weighted by atomic mass is 127. The highest BCUT2D eigenvalue weighted by Crippen LogP contribution is 2.28. The molecule has 19 heavy (non-hydrogen) atoms. The van der Waals surface area contributed by atoms with Crippen molar-refractivity contribution in [2.24, 2.45) is 10.4 Å². The van der Waals surface area contributed by atoms with E-state index in [4.69, 9.17) is 4.74 Å². The van der Waals surface area contributed by atoms with E-state index in [-0.39, 0.29) is 24.0 Å². The normalized spacial score (nSPS) is 18.3. The number of likely N-dealkylation sites (tertiary alicyclic amines) is 1. The summed E-state index contributed by atoms with van der Waals surface area (Å²) in [7, 11) is 3.63. The Labute approximate surface area is 135 Å². The van der Waals surface area contributed by atoms with Crippen molar-refractivity contribution >= 4 is 29.9 Å². The van der Waals surface area contributed by atoms with Gasteiger partial charge in [-0.1, -0.05) is 13.8 Å². The van der Waals surface area contributed by atoms with E-state index in [0.29, 0.717) is 5.41 Å². The van der Waals surface area contributed by atoms with Crippen LogP contribution < -0.4 is 5.32 Å². The molecule has 4 nitrogen and oxygen atoms in total. The number of guanidine groups is 1. The van der Waals surface area contributed by atoms with Crippen molar-refractivity contribution < 1.29 is 4.74 Å². The largest absolute Gasteiger partial charge is 0.385 e. The molecule has 0 bridgehead atoms. The molecule has 0 aromatic rings. The van der Waals surface area contributed by atoms with E-state index in [1.807, 2.05) is 7.05 Å². The maximum absolute atomic E-state index is 5.04. The minimum absolute atomic E-state index is 0. The van der Waals surface area contributed by atoms with Gasteiger partial charge in [-0.3, -0.25) is 4.99 Å². The Kier molecular flexibility index (Phi) is 9.78. The molecule has 1 heterocycles. The number of hydrogen-bond acceptors (Lipinski definition) is 2. The van der Waals surface area contributed by atoms with Crippen molar-refractivity contribution in [1.29, 1.82) is 0 Å². The lowest BCUT2D eigenvalue weighted by molar-refractivity contribution is 0.192. The van der Waals surface area contributed by atoms with Gasteiger partial charge >= 0.3 is 0 Å². The third kappa shape index (κ3) is 7.34. The minimum atomic E-state index is 0. The zero-order valence-corrected chi connectivity index (χ0v) is 15.2. The molecule has 0 aromatic carbocycles. The Balaban J connectivity index is 0.00000324. The summed E-state index contributed by atoms with van der Waals surface area (Å²) >= 11 is 0. The van der Waals surface area contributed by atoms with Gasteiger partial charge in [-0.15, -0.1) is 24.0 Å². The van der Waals surface area contributed by atoms with E-state index in [1.165, 1.54) is 19.3 Å². The van der Waals surface area contributed by atoms with Gasteiger partial charge in [0, 0.05) is 40.4 Å². The van der Waals surface area contributed by atoms with Crippen LogP contribution in [0.25, 0.3) is 0 Å². The van der Waals surface area contributed by atoms with Crippen molar-refractivity contribution in [3.05, 3.63) is 0 Å². The van der Waals surface area contributed by atoms with Crippen LogP contribution >= 0.6 is 24.0 Å². The summed E-state index contributed by atoms with van der Waals surface area (Å²) in [5.41, 5.74) is 0.427. The van der Waals surface area contributed by atoms with Crippen LogP contribution in [0.1, 0.15) is 39.5 Å². The first-order valence-electron chi connectivity index (χ1n) is 7.03. The van der Waals surface area contributed by atoms with Crippen molar-refractivity contribution in [2.45, 2.75) is 39.5 Å². The number of ether oxygens (including phenoxy) is 1. The average molecular weight is 383 g/mol. The molecule has 0 atom stereocenters. The monoisotopic (exact) mass is 383 g/mol. The van der Waals surface area contributed by atoms with Gasteiger partial charge in [0.2, 0.25) is 0 Å². The molecule has 1 saturated heterocycles. The van der Waals surface area contributed by atoms with Crippen LogP contribution in [0.15, 0.2) is 4.99 Å². The fourth-order valence-corrected chi connectivity index (χ4v) is 2.37. The highest BCUT2D eigenvalue weighted by Gasteiger charge is 2.30. The van der Waals surface area contributed by atoms with E-state index in [9.17, 15) is 0 Å². The summed E-state index contributed by atoms with van der Waals surface area (Å²) in [6.07, 6.45) is 4.79. The summed E-state index contributed by atoms with van der Waals surface area (Å²) in [5, 5.41) is 3.46. The van der Waals surface area contributed by atoms with E-state index < -0.39 is 0 Å². The number of unbranched alkanes of at least 4 members (excludes halogenated alkanes) is 2. The molecule has 1 fully saturated rings. The number of nitrogens with one attached hydrogen (secondary N) is 1. The molecule has 0 aromatic heterocycles. The zero-order valence-electron chi connectivity index (χ0n) is 12.9. The Hall–Kier alpha value is -0.0400. The first-order chi connectivity index (χ1) is 8.59. The summed E-state index contributed by atoms with van der Waals surface area (Å²) < 4.78 is 5.04. The molecule has 5 heteroatoms. The first-order valence-corrected chi connectivity index (χ1v) is 7.03. The molecule has 1 aliphatic heterocycles. The van der Waals surface area contributed by atoms with Crippen molar-refractivity contribution in [3.63, 3.8) is 0 Å². The molecule has 1 rings (SSSR count). The second kappa shape index (κ2) is 9.80. The quantitative estimate of drug-likeness (QED) is 0.332. The fraction of sp³-hybridized carbons (Fsp3) is 0.929. The smallest absolute Gasteiger partial charge is 0.193 e. The molecule has 1 aliphatic rings. The van der Waals surface area contributed by atoms with Crippen LogP contribution in [-0.4, -0.2) is 51.3 Å². The second-order valence-electron chi connectivity index (χ2n) is 5.86. The molecule has 0 amide bonds. The van der Waals surface area contributed by atoms with Gasteiger partial charge in [-0.25, -0.2) is 0 Å². The van der Waals surface area contributed by atoms with Crippen LogP contribution in [-0.2, 0) is 4.74 Å². The van der Waals surface area contributed by atoms with Crippen molar-refractivity contribution in [2.75, 3.05) is 40.4 Å². The molecule has 0 radical (unpaired) electrons. The number of hydrogen-bond donors (Lipinski definition) is 1. The second-order valence-corrected chi connectivity index (χ2v) is 5.86. The molecular formula is C14H30IN3O. The SMILES string of the molecule is CN=C(NCCCCCOC)N1CCC(C)(C)C1.I. The number of aliphatic imine (C=N–C) groups is 1. The Morgan fingerprint density at radius 2 is 2.05 bits per heavy atom. The van der Waals surface area contributed by atoms with Crippen LogP contribution in [0.2, 0.25) is 0 Å². The van der Waals surface area contributed by atoms with Crippen molar-refractivity contribution in [1.82, 2.24) is 10.2 Å². The van der Waals surface area contributed by atoms with Crippen LogP contribution in [0.3, 0.4) is 0 Å². The predicted molar refractivity (Wildman–Crippen MR) is 92.5 cm³/mol. The lowest BCUT2D eigenvalue weighted by Gasteiger charge is -2.23. The molecule has 1 N–H and O–H groups in total. The van der Waals surface area contributed by atoms with Gasteiger partial charge in [0.05, 0.1) is 0 Å². The maximum Gasteiger partial charge on any atom is 0.193 e. The molecule has 0 spiro atoms. The number of halogens is 1. The Morgan fingerprint density at radius 3 is 2.58 bits per heavy atom. The van der Waals surface area contributed by atoms with Gasteiger partial charge < -0.3 is 15.0 Å². The minimum Gasteiger partial charge on any atom is -0.385 e. The van der Waals surface area contributed by atoms with Gasteiger partial charge in [-0.05, 0) is 31.1 Å². The molecular weight excluding hydrogens is 353 g/mol. The molecule has 0 saturated carbocycles. The fourth-order valence-electron chi connectivity index (χ4n) is 2.37. The van der Waals surface area contributed by atoms with Crippen LogP contribution in [0.4, 0.5) is 0 Å². The van der Waals surface area contributed by atoms with Crippen LogP contribution in [0.5, 0.6) is 0 Å². The third-order valence-electron chi connectivity index (χ3n) is 3.50. The van der Waals surface area contributed by atoms with Crippen molar-refractivity contribution in [3.8, 4) is 0 Å². The summed E-state index contributed by atoms with van der Waals surface area (Å²) in [6.45, 7) is 8.76. The molecule has 114 valence electrons. The number of methoxy groups -OCH3 is 1. The van der Waals surface area contributed by atoms with Crippen LogP contribution in [0, 0.1) is 5.41 Å². The highest BCUT2D eigenvalue weighted by molar-refractivity contribution is 14.0. The van der Waals surface area contributed by atoms with Gasteiger partial charge in [0.25, 0.3) is 0 Å². The number of rotatable bonds is 6. The van der Waals surface area contributed by atoms with E-state index in [0.717, 1.165) is 38.6 Å². The number of nitrogens with zero attached hydrogens (tertiary/aromatic N) is 2. The van der Waals surface area contributed by atoms with Gasteiger partial charge in [0.15, 0.2) is 5.96 Å². The first kappa shape index (κ1) is 19.0. The maximum atomic E-state index is 5.04. The van der Waals surface area contributed by atoms with Gasteiger partial charge in [-0.2, -0.15) is 0 Å². The topological polar surface area (TPSA) is 36.9 Å². The summed E-state index contributed by atoms with van der Waals surface area (Å²) in [4.78, 5) is 6.75. The third-order valence-corrected chi connectivity index (χ3v) is 3.50. The zero-order chi connectivity index (χ0) is 13.4. The Morgan fingerprint density at radius 1 is 1.32 bits per heavy atom. The van der Waals surface area contributed by atoms with E-state index >= 15 is 0 Å². The molecule has 0 aliphatic carbocycles. The van der Waals surface area contributed by atoms with E-state index in [2.05, 4.69) is 29.1 Å². The molecule has 0 unspecified atom stereocenters. The average Bonchev–Trinajstić information content (AvgIpc) is 2.69. The standard InChI is InChI=1S/C14H29N3O.HI/c1-14(2)8-10-17(12-14)13(15-3)16-9-6-5-7-11-18-4;/h5-12H2,1-4H3,(H,15,16);1H.